The average molecular weight is 364 g/mol. The summed E-state index contributed by atoms with van der Waals surface area (Å²) < 4.78 is 2.85. The van der Waals surface area contributed by atoms with E-state index in [2.05, 4.69) is 47.8 Å². The van der Waals surface area contributed by atoms with Crippen LogP contribution in [0.4, 0.5) is 0 Å². The highest BCUT2D eigenvalue weighted by Crippen LogP contribution is 2.32. The largest absolute Gasteiger partial charge is 0.481 e. The van der Waals surface area contributed by atoms with Gasteiger partial charge in [-0.15, -0.1) is 0 Å². The van der Waals surface area contributed by atoms with Crippen LogP contribution < -0.4 is 0 Å². The third kappa shape index (κ3) is 2.41. The van der Waals surface area contributed by atoms with E-state index in [1.807, 2.05) is 16.5 Å². The van der Waals surface area contributed by atoms with Crippen LogP contribution in [0.2, 0.25) is 0 Å². The molecule has 0 atom stereocenters. The van der Waals surface area contributed by atoms with Gasteiger partial charge in [0.1, 0.15) is 4.60 Å². The first-order valence-electron chi connectivity index (χ1n) is 7.19. The molecule has 0 bridgehead atoms. The summed E-state index contributed by atoms with van der Waals surface area (Å²) in [7, 11) is 0. The normalized spacial score (nSPS) is 12.4. The first-order chi connectivity index (χ1) is 10.3. The molecule has 0 aliphatic heterocycles. The minimum Gasteiger partial charge on any atom is -0.481 e. The number of hydrogen-bond acceptors (Lipinski definition) is 2. The maximum atomic E-state index is 10.8. The van der Waals surface area contributed by atoms with Crippen molar-refractivity contribution in [2.45, 2.75) is 39.0 Å². The van der Waals surface area contributed by atoms with Crippen LogP contribution in [-0.4, -0.2) is 25.4 Å². The summed E-state index contributed by atoms with van der Waals surface area (Å²) in [4.78, 5) is 18.7. The van der Waals surface area contributed by atoms with Crippen molar-refractivity contribution in [3.05, 3.63) is 34.1 Å². The molecule has 6 heteroatoms. The molecule has 5 nitrogen and oxygen atoms in total. The fourth-order valence-electron chi connectivity index (χ4n) is 2.71. The molecule has 0 spiro atoms. The van der Waals surface area contributed by atoms with Crippen molar-refractivity contribution in [3.63, 3.8) is 0 Å². The first-order valence-corrected chi connectivity index (χ1v) is 7.98. The maximum Gasteiger partial charge on any atom is 0.303 e. The number of fused-ring (bicyclic) bond motifs is 3. The second-order valence-corrected chi connectivity index (χ2v) is 7.23. The quantitative estimate of drug-likeness (QED) is 0.741. The fraction of sp³-hybridized carbons (Fsp3) is 0.375. The van der Waals surface area contributed by atoms with Gasteiger partial charge in [0, 0.05) is 12.1 Å². The lowest BCUT2D eigenvalue weighted by Crippen LogP contribution is -2.11. The Morgan fingerprint density at radius 1 is 1.41 bits per heavy atom. The zero-order valence-electron chi connectivity index (χ0n) is 12.8. The number of nitrogens with one attached hydrogen (secondary N) is 1. The van der Waals surface area contributed by atoms with Crippen molar-refractivity contribution < 1.29 is 9.90 Å². The van der Waals surface area contributed by atoms with E-state index in [0.29, 0.717) is 6.42 Å². The molecule has 0 amide bonds. The van der Waals surface area contributed by atoms with Gasteiger partial charge in [0.2, 0.25) is 5.78 Å². The van der Waals surface area contributed by atoms with Gasteiger partial charge in [0.25, 0.3) is 0 Å². The molecular weight excluding hydrogens is 346 g/mol. The van der Waals surface area contributed by atoms with Crippen LogP contribution in [0.1, 0.15) is 38.4 Å². The summed E-state index contributed by atoms with van der Waals surface area (Å²) in [5, 5.41) is 8.84. The Balaban J connectivity index is 2.19. The topological polar surface area (TPSA) is 70.4 Å². The predicted octanol–water partition coefficient (Wildman–Crippen LogP) is 3.89. The van der Waals surface area contributed by atoms with Gasteiger partial charge in [0.05, 0.1) is 17.5 Å². The number of nitrogens with zero attached hydrogens (tertiary/aromatic N) is 2. The SMILES string of the molecule is CC(C)(C)c1cccc2c1nc1[nH]c(CCC(=O)O)c(Br)n12. The molecule has 0 unspecified atom stereocenters. The number of aromatic nitrogens is 3. The molecule has 22 heavy (non-hydrogen) atoms. The number of benzene rings is 1. The first kappa shape index (κ1) is 15.1. The Kier molecular flexibility index (Phi) is 3.51. The molecule has 0 saturated carbocycles. The molecule has 2 aromatic heterocycles. The number of aliphatic carboxylic acids is 1. The van der Waals surface area contributed by atoms with Gasteiger partial charge in [-0.25, -0.2) is 4.98 Å². The number of aromatic amines is 1. The van der Waals surface area contributed by atoms with Crippen LogP contribution in [0.3, 0.4) is 0 Å². The number of aryl methyl sites for hydroxylation is 1. The molecule has 0 radical (unpaired) electrons. The standard InChI is InChI=1S/C16H18BrN3O2/c1-16(2,3)9-5-4-6-11-13(9)19-15-18-10(7-8-12(21)22)14(17)20(11)15/h4-6H,7-8H2,1-3H3,(H,18,19)(H,21,22). The second-order valence-electron chi connectivity index (χ2n) is 6.48. The Hall–Kier alpha value is -1.82. The number of rotatable bonds is 3. The van der Waals surface area contributed by atoms with Crippen LogP contribution in [0.15, 0.2) is 22.8 Å². The Morgan fingerprint density at radius 3 is 2.77 bits per heavy atom. The molecule has 3 rings (SSSR count). The number of hydrogen-bond donors (Lipinski definition) is 2. The zero-order valence-corrected chi connectivity index (χ0v) is 14.4. The zero-order chi connectivity index (χ0) is 16.1. The third-order valence-corrected chi connectivity index (χ3v) is 4.62. The minimum absolute atomic E-state index is 0.0114. The summed E-state index contributed by atoms with van der Waals surface area (Å²) >= 11 is 3.58. The van der Waals surface area contributed by atoms with Gasteiger partial charge in [-0.05, 0) is 33.0 Å². The van der Waals surface area contributed by atoms with Gasteiger partial charge < -0.3 is 10.1 Å². The van der Waals surface area contributed by atoms with Gasteiger partial charge in [-0.1, -0.05) is 32.9 Å². The number of H-pyrrole nitrogens is 1. The number of halogens is 1. The van der Waals surface area contributed by atoms with Crippen molar-refractivity contribution in [2.24, 2.45) is 0 Å². The smallest absolute Gasteiger partial charge is 0.303 e. The fourth-order valence-corrected chi connectivity index (χ4v) is 3.36. The molecule has 1 aromatic carbocycles. The highest BCUT2D eigenvalue weighted by atomic mass is 79.9. The maximum absolute atomic E-state index is 10.8. The summed E-state index contributed by atoms with van der Waals surface area (Å²) in [6, 6.07) is 6.17. The van der Waals surface area contributed by atoms with Gasteiger partial charge in [-0.3, -0.25) is 9.20 Å². The van der Waals surface area contributed by atoms with E-state index >= 15 is 0 Å². The van der Waals surface area contributed by atoms with Crippen molar-refractivity contribution in [3.8, 4) is 0 Å². The molecule has 116 valence electrons. The number of carbonyl (C=O) groups is 1. The lowest BCUT2D eigenvalue weighted by atomic mass is 9.86. The van der Waals surface area contributed by atoms with E-state index in [1.54, 1.807) is 0 Å². The van der Waals surface area contributed by atoms with E-state index in [0.717, 1.165) is 27.1 Å². The molecule has 0 aliphatic rings. The lowest BCUT2D eigenvalue weighted by molar-refractivity contribution is -0.136. The van der Waals surface area contributed by atoms with Crippen LogP contribution in [0, 0.1) is 0 Å². The highest BCUT2D eigenvalue weighted by molar-refractivity contribution is 9.10. The van der Waals surface area contributed by atoms with Crippen molar-refractivity contribution in [2.75, 3.05) is 0 Å². The van der Waals surface area contributed by atoms with Crippen molar-refractivity contribution >= 4 is 38.7 Å². The molecule has 3 aromatic rings. The van der Waals surface area contributed by atoms with Gasteiger partial charge in [0.15, 0.2) is 0 Å². The highest BCUT2D eigenvalue weighted by Gasteiger charge is 2.21. The van der Waals surface area contributed by atoms with Crippen LogP contribution >= 0.6 is 15.9 Å². The summed E-state index contributed by atoms with van der Waals surface area (Å²) in [6.45, 7) is 6.51. The molecule has 2 N–H and O–H groups in total. The van der Waals surface area contributed by atoms with Crippen LogP contribution in [-0.2, 0) is 16.6 Å². The van der Waals surface area contributed by atoms with Crippen LogP contribution in [0.25, 0.3) is 16.8 Å². The van der Waals surface area contributed by atoms with Gasteiger partial charge >= 0.3 is 5.97 Å². The second kappa shape index (κ2) is 5.12. The third-order valence-electron chi connectivity index (χ3n) is 3.79. The molecule has 0 saturated heterocycles. The molecule has 0 fully saturated rings. The van der Waals surface area contributed by atoms with E-state index in [-0.39, 0.29) is 11.8 Å². The number of imidazole rings is 2. The van der Waals surface area contributed by atoms with Gasteiger partial charge in [-0.2, -0.15) is 0 Å². The Labute approximate surface area is 136 Å². The van der Waals surface area contributed by atoms with Crippen molar-refractivity contribution in [1.82, 2.24) is 14.4 Å². The monoisotopic (exact) mass is 363 g/mol. The van der Waals surface area contributed by atoms with E-state index in [1.165, 1.54) is 5.56 Å². The number of para-hydroxylation sites is 1. The Morgan fingerprint density at radius 2 is 2.14 bits per heavy atom. The predicted molar refractivity (Wildman–Crippen MR) is 89.4 cm³/mol. The number of carboxylic acids is 1. The summed E-state index contributed by atoms with van der Waals surface area (Å²) in [5.41, 5.74) is 4.06. The van der Waals surface area contributed by atoms with Crippen LogP contribution in [0.5, 0.6) is 0 Å². The minimum atomic E-state index is -0.806. The Bertz CT molecular complexity index is 871. The molecule has 0 aliphatic carbocycles. The number of carboxylic acid groups (broad SMARTS) is 1. The average Bonchev–Trinajstić information content (AvgIpc) is 2.92. The lowest BCUT2D eigenvalue weighted by Gasteiger charge is -2.19. The van der Waals surface area contributed by atoms with E-state index in [9.17, 15) is 4.79 Å². The summed E-state index contributed by atoms with van der Waals surface area (Å²) in [6.07, 6.45) is 0.535. The van der Waals surface area contributed by atoms with E-state index in [4.69, 9.17) is 10.1 Å². The molecule has 2 heterocycles. The summed E-state index contributed by atoms with van der Waals surface area (Å²) in [5.74, 6) is -0.0713. The van der Waals surface area contributed by atoms with E-state index < -0.39 is 5.97 Å². The van der Waals surface area contributed by atoms with Crippen molar-refractivity contribution in [1.29, 1.82) is 0 Å². The molecular formula is C16H18BrN3O2.